The summed E-state index contributed by atoms with van der Waals surface area (Å²) in [7, 11) is 0. The Morgan fingerprint density at radius 3 is 2.89 bits per heavy atom. The molecule has 0 aromatic heterocycles. The molecular formula is C7H11NO. The van der Waals surface area contributed by atoms with Crippen LogP contribution < -0.4 is 0 Å². The molecule has 1 N–H and O–H groups in total. The standard InChI is InChI=1S/C7H11NO/c1-2-3-4-5-7(9)6-8/h2,7,9H,1,3-5H2. The molecule has 0 spiro atoms. The predicted octanol–water partition coefficient (Wildman–Crippen LogP) is 1.23. The first-order chi connectivity index (χ1) is 4.31. The highest BCUT2D eigenvalue weighted by Crippen LogP contribution is 1.99. The van der Waals surface area contributed by atoms with E-state index in [-0.39, 0.29) is 0 Å². The topological polar surface area (TPSA) is 44.0 Å². The number of nitriles is 1. The average molecular weight is 125 g/mol. The Bertz CT molecular complexity index is 115. The normalized spacial score (nSPS) is 12.0. The van der Waals surface area contributed by atoms with Crippen molar-refractivity contribution in [2.75, 3.05) is 0 Å². The zero-order valence-corrected chi connectivity index (χ0v) is 5.38. The van der Waals surface area contributed by atoms with Crippen LogP contribution in [-0.4, -0.2) is 11.2 Å². The number of aliphatic hydroxyl groups is 1. The number of nitrogens with zero attached hydrogens (tertiary/aromatic N) is 1. The van der Waals surface area contributed by atoms with E-state index in [2.05, 4.69) is 6.58 Å². The molecule has 50 valence electrons. The zero-order valence-electron chi connectivity index (χ0n) is 5.38. The fourth-order valence-corrected chi connectivity index (χ4v) is 0.520. The molecule has 9 heavy (non-hydrogen) atoms. The highest BCUT2D eigenvalue weighted by atomic mass is 16.3. The Balaban J connectivity index is 3.08. The fraction of sp³-hybridized carbons (Fsp3) is 0.571. The number of hydrogen-bond acceptors (Lipinski definition) is 2. The van der Waals surface area contributed by atoms with E-state index in [1.807, 2.05) is 0 Å². The molecule has 0 radical (unpaired) electrons. The van der Waals surface area contributed by atoms with Crippen LogP contribution in [0.2, 0.25) is 0 Å². The third kappa shape index (κ3) is 5.05. The fourth-order valence-electron chi connectivity index (χ4n) is 0.520. The van der Waals surface area contributed by atoms with E-state index in [4.69, 9.17) is 10.4 Å². The maximum absolute atomic E-state index is 8.69. The summed E-state index contributed by atoms with van der Waals surface area (Å²) in [5.41, 5.74) is 0. The van der Waals surface area contributed by atoms with Crippen LogP contribution in [0.1, 0.15) is 19.3 Å². The van der Waals surface area contributed by atoms with Crippen LogP contribution in [0.5, 0.6) is 0 Å². The van der Waals surface area contributed by atoms with Crippen LogP contribution in [0, 0.1) is 11.3 Å². The van der Waals surface area contributed by atoms with Gasteiger partial charge in [-0.1, -0.05) is 6.08 Å². The van der Waals surface area contributed by atoms with Crippen molar-refractivity contribution in [3.05, 3.63) is 12.7 Å². The Morgan fingerprint density at radius 1 is 1.78 bits per heavy atom. The number of aliphatic hydroxyl groups excluding tert-OH is 1. The van der Waals surface area contributed by atoms with Crippen molar-refractivity contribution in [2.24, 2.45) is 0 Å². The molecule has 2 nitrogen and oxygen atoms in total. The number of rotatable bonds is 4. The van der Waals surface area contributed by atoms with Gasteiger partial charge < -0.3 is 5.11 Å². The molecule has 0 aliphatic rings. The summed E-state index contributed by atoms with van der Waals surface area (Å²) in [4.78, 5) is 0. The monoisotopic (exact) mass is 125 g/mol. The van der Waals surface area contributed by atoms with Crippen molar-refractivity contribution in [2.45, 2.75) is 25.4 Å². The molecular weight excluding hydrogens is 114 g/mol. The Kier molecular flexibility index (Phi) is 4.85. The van der Waals surface area contributed by atoms with Gasteiger partial charge in [0.1, 0.15) is 6.10 Å². The number of unbranched alkanes of at least 4 members (excludes halogenated alkanes) is 1. The smallest absolute Gasteiger partial charge is 0.140 e. The van der Waals surface area contributed by atoms with Gasteiger partial charge in [0.15, 0.2) is 0 Å². The molecule has 0 rings (SSSR count). The Morgan fingerprint density at radius 2 is 2.44 bits per heavy atom. The van der Waals surface area contributed by atoms with Gasteiger partial charge in [0.2, 0.25) is 0 Å². The molecule has 0 fully saturated rings. The van der Waals surface area contributed by atoms with Crippen molar-refractivity contribution in [1.82, 2.24) is 0 Å². The van der Waals surface area contributed by atoms with Crippen LogP contribution in [0.25, 0.3) is 0 Å². The molecule has 0 saturated heterocycles. The molecule has 2 heteroatoms. The lowest BCUT2D eigenvalue weighted by Gasteiger charge is -1.96. The van der Waals surface area contributed by atoms with E-state index in [1.54, 1.807) is 12.1 Å². The second kappa shape index (κ2) is 5.33. The van der Waals surface area contributed by atoms with Crippen LogP contribution in [0.4, 0.5) is 0 Å². The van der Waals surface area contributed by atoms with Crippen LogP contribution in [-0.2, 0) is 0 Å². The molecule has 0 heterocycles. The van der Waals surface area contributed by atoms with Gasteiger partial charge in [0.05, 0.1) is 6.07 Å². The average Bonchev–Trinajstić information content (AvgIpc) is 1.89. The molecule has 0 aromatic carbocycles. The zero-order chi connectivity index (χ0) is 7.11. The molecule has 0 amide bonds. The Labute approximate surface area is 55.4 Å². The number of hydrogen-bond donors (Lipinski definition) is 1. The molecule has 0 bridgehead atoms. The summed E-state index contributed by atoms with van der Waals surface area (Å²) in [6, 6.07) is 1.75. The van der Waals surface area contributed by atoms with Gasteiger partial charge in [-0.2, -0.15) is 5.26 Å². The van der Waals surface area contributed by atoms with Gasteiger partial charge in [-0.15, -0.1) is 6.58 Å². The summed E-state index contributed by atoms with van der Waals surface area (Å²) < 4.78 is 0. The highest BCUT2D eigenvalue weighted by molar-refractivity contribution is 4.82. The minimum atomic E-state index is -0.787. The molecule has 0 aliphatic heterocycles. The van der Waals surface area contributed by atoms with Gasteiger partial charge in [-0.3, -0.25) is 0 Å². The van der Waals surface area contributed by atoms with E-state index in [0.717, 1.165) is 12.8 Å². The van der Waals surface area contributed by atoms with Crippen LogP contribution in [0.3, 0.4) is 0 Å². The van der Waals surface area contributed by atoms with Crippen molar-refractivity contribution < 1.29 is 5.11 Å². The van der Waals surface area contributed by atoms with Crippen molar-refractivity contribution in [3.63, 3.8) is 0 Å². The quantitative estimate of drug-likeness (QED) is 0.349. The van der Waals surface area contributed by atoms with Gasteiger partial charge in [0.25, 0.3) is 0 Å². The van der Waals surface area contributed by atoms with Crippen molar-refractivity contribution in [3.8, 4) is 6.07 Å². The summed E-state index contributed by atoms with van der Waals surface area (Å²) in [6.45, 7) is 3.52. The maximum atomic E-state index is 8.69. The second-order valence-corrected chi connectivity index (χ2v) is 1.86. The third-order valence-corrected chi connectivity index (χ3v) is 1.03. The van der Waals surface area contributed by atoms with E-state index >= 15 is 0 Å². The van der Waals surface area contributed by atoms with Crippen molar-refractivity contribution in [1.29, 1.82) is 5.26 Å². The lowest BCUT2D eigenvalue weighted by molar-refractivity contribution is 0.217. The summed E-state index contributed by atoms with van der Waals surface area (Å²) in [5, 5.41) is 16.8. The molecule has 0 aliphatic carbocycles. The van der Waals surface area contributed by atoms with Crippen LogP contribution >= 0.6 is 0 Å². The van der Waals surface area contributed by atoms with Crippen molar-refractivity contribution >= 4 is 0 Å². The molecule has 0 aromatic rings. The lowest BCUT2D eigenvalue weighted by atomic mass is 10.2. The van der Waals surface area contributed by atoms with E-state index in [9.17, 15) is 0 Å². The summed E-state index contributed by atoms with van der Waals surface area (Å²) in [5.74, 6) is 0. The maximum Gasteiger partial charge on any atom is 0.140 e. The lowest BCUT2D eigenvalue weighted by Crippen LogP contribution is -2.00. The SMILES string of the molecule is C=CCCCC(O)C#N. The minimum absolute atomic E-state index is 0.558. The minimum Gasteiger partial charge on any atom is -0.378 e. The van der Waals surface area contributed by atoms with Gasteiger partial charge in [-0.25, -0.2) is 0 Å². The summed E-state index contributed by atoms with van der Waals surface area (Å²) >= 11 is 0. The van der Waals surface area contributed by atoms with Crippen LogP contribution in [0.15, 0.2) is 12.7 Å². The van der Waals surface area contributed by atoms with Gasteiger partial charge in [-0.05, 0) is 19.3 Å². The first-order valence-corrected chi connectivity index (χ1v) is 3.00. The third-order valence-electron chi connectivity index (χ3n) is 1.03. The first kappa shape index (κ1) is 8.19. The largest absolute Gasteiger partial charge is 0.378 e. The molecule has 0 saturated carbocycles. The predicted molar refractivity (Wildman–Crippen MR) is 35.7 cm³/mol. The van der Waals surface area contributed by atoms with Gasteiger partial charge >= 0.3 is 0 Å². The van der Waals surface area contributed by atoms with E-state index in [1.165, 1.54) is 0 Å². The Hall–Kier alpha value is -0.810. The first-order valence-electron chi connectivity index (χ1n) is 3.00. The van der Waals surface area contributed by atoms with E-state index < -0.39 is 6.10 Å². The molecule has 1 unspecified atom stereocenters. The second-order valence-electron chi connectivity index (χ2n) is 1.86. The summed E-state index contributed by atoms with van der Waals surface area (Å²) in [6.07, 6.45) is 3.27. The van der Waals surface area contributed by atoms with E-state index in [0.29, 0.717) is 6.42 Å². The highest BCUT2D eigenvalue weighted by Gasteiger charge is 1.97. The number of allylic oxidation sites excluding steroid dienone is 1. The van der Waals surface area contributed by atoms with Gasteiger partial charge in [0, 0.05) is 0 Å². The molecule has 1 atom stereocenters.